The van der Waals surface area contributed by atoms with E-state index >= 15 is 0 Å². The first-order chi connectivity index (χ1) is 16.5. The predicted octanol–water partition coefficient (Wildman–Crippen LogP) is 3.72. The summed E-state index contributed by atoms with van der Waals surface area (Å²) in [7, 11) is 3.55. The number of benzene rings is 3. The maximum Gasteiger partial charge on any atom is 0.253 e. The number of fused-ring (bicyclic) bond motifs is 3. The number of ether oxygens (including phenoxy) is 2. The number of rotatable bonds is 5. The fourth-order valence-electron chi connectivity index (χ4n) is 5.46. The van der Waals surface area contributed by atoms with Crippen LogP contribution in [0.2, 0.25) is 0 Å². The number of nitrogens with one attached hydrogen (secondary N) is 1. The summed E-state index contributed by atoms with van der Waals surface area (Å²) in [5, 5.41) is 3.74. The minimum absolute atomic E-state index is 0.0264. The Balaban J connectivity index is 1.10. The highest BCUT2D eigenvalue weighted by Crippen LogP contribution is 2.39. The molecule has 3 aromatic rings. The Labute approximate surface area is 200 Å². The summed E-state index contributed by atoms with van der Waals surface area (Å²) in [5.74, 6) is 2.28. The summed E-state index contributed by atoms with van der Waals surface area (Å²) in [6.45, 7) is 3.33. The molecule has 3 fully saturated rings. The lowest BCUT2D eigenvalue weighted by atomic mass is 9.74. The average Bonchev–Trinajstić information content (AvgIpc) is 3.32. The Bertz CT molecular complexity index is 1190. The summed E-state index contributed by atoms with van der Waals surface area (Å²) in [6.07, 6.45) is 0. The standard InChI is InChI=1S/C28H29N3O3/c1-30(2)28(32)22-10-6-20(7-11-22)19-4-8-21(9-5-19)27-23-15-31(16-24(27)29-23)14-18-3-12-25-26(13-18)34-17-33-25/h3-13,23-24,27,29H,14-17H2,1-2H3/t23-,24+,27?. The van der Waals surface area contributed by atoms with Crippen molar-refractivity contribution in [3.63, 3.8) is 0 Å². The van der Waals surface area contributed by atoms with Crippen LogP contribution < -0.4 is 14.8 Å². The van der Waals surface area contributed by atoms with Crippen molar-refractivity contribution in [3.05, 3.63) is 83.4 Å². The molecule has 1 amide bonds. The summed E-state index contributed by atoms with van der Waals surface area (Å²) in [6, 6.07) is 24.0. The molecule has 1 unspecified atom stereocenters. The van der Waals surface area contributed by atoms with Gasteiger partial charge in [0.2, 0.25) is 6.79 Å². The Morgan fingerprint density at radius 2 is 1.56 bits per heavy atom. The van der Waals surface area contributed by atoms with E-state index in [2.05, 4.69) is 46.6 Å². The zero-order chi connectivity index (χ0) is 23.2. The van der Waals surface area contributed by atoms with Crippen molar-refractivity contribution in [2.45, 2.75) is 24.5 Å². The highest BCUT2D eigenvalue weighted by Gasteiger charge is 2.46. The quantitative estimate of drug-likeness (QED) is 0.636. The van der Waals surface area contributed by atoms with Crippen molar-refractivity contribution >= 4 is 5.91 Å². The van der Waals surface area contributed by atoms with Crippen LogP contribution in [-0.2, 0) is 6.54 Å². The van der Waals surface area contributed by atoms with Crippen molar-refractivity contribution in [1.82, 2.24) is 15.1 Å². The topological polar surface area (TPSA) is 54.0 Å². The minimum atomic E-state index is 0.0264. The molecule has 1 N–H and O–H groups in total. The number of amides is 1. The molecule has 6 nitrogen and oxygen atoms in total. The van der Waals surface area contributed by atoms with Crippen LogP contribution in [0.3, 0.4) is 0 Å². The molecule has 0 spiro atoms. The van der Waals surface area contributed by atoms with E-state index in [1.807, 2.05) is 30.3 Å². The van der Waals surface area contributed by atoms with E-state index in [9.17, 15) is 4.79 Å². The van der Waals surface area contributed by atoms with Crippen molar-refractivity contribution < 1.29 is 14.3 Å². The van der Waals surface area contributed by atoms with Gasteiger partial charge < -0.3 is 19.7 Å². The lowest BCUT2D eigenvalue weighted by Gasteiger charge is -2.55. The zero-order valence-electron chi connectivity index (χ0n) is 19.5. The van der Waals surface area contributed by atoms with Crippen molar-refractivity contribution in [2.75, 3.05) is 34.0 Å². The Morgan fingerprint density at radius 1 is 0.912 bits per heavy atom. The molecule has 0 aromatic heterocycles. The van der Waals surface area contributed by atoms with Gasteiger partial charge in [-0.15, -0.1) is 0 Å². The number of piperidine rings is 1. The number of nitrogens with zero attached hydrogens (tertiary/aromatic N) is 2. The van der Waals surface area contributed by atoms with Crippen LogP contribution in [0.15, 0.2) is 66.7 Å². The Morgan fingerprint density at radius 3 is 2.24 bits per heavy atom. The van der Waals surface area contributed by atoms with Gasteiger partial charge in [-0.1, -0.05) is 42.5 Å². The monoisotopic (exact) mass is 455 g/mol. The van der Waals surface area contributed by atoms with Crippen LogP contribution in [0.5, 0.6) is 11.5 Å². The fourth-order valence-corrected chi connectivity index (χ4v) is 5.46. The molecule has 3 aromatic carbocycles. The molecule has 2 bridgehead atoms. The van der Waals surface area contributed by atoms with Crippen molar-refractivity contribution in [1.29, 1.82) is 0 Å². The van der Waals surface area contributed by atoms with Gasteiger partial charge in [0, 0.05) is 57.3 Å². The fraction of sp³-hybridized carbons (Fsp3) is 0.321. The lowest BCUT2D eigenvalue weighted by Crippen LogP contribution is -2.71. The van der Waals surface area contributed by atoms with Crippen molar-refractivity contribution in [3.8, 4) is 22.6 Å². The first-order valence-electron chi connectivity index (χ1n) is 11.8. The van der Waals surface area contributed by atoms with Crippen LogP contribution in [0.25, 0.3) is 11.1 Å². The predicted molar refractivity (Wildman–Crippen MR) is 131 cm³/mol. The van der Waals surface area contributed by atoms with Crippen LogP contribution >= 0.6 is 0 Å². The van der Waals surface area contributed by atoms with Crippen LogP contribution in [0.4, 0.5) is 0 Å². The SMILES string of the molecule is CN(C)C(=O)c1ccc(-c2ccc(C3[C@@H]4CN(Cc5ccc6c(c5)OCO6)C[C@H]3N4)cc2)cc1. The second-order valence-corrected chi connectivity index (χ2v) is 9.69. The van der Waals surface area contributed by atoms with E-state index in [0.717, 1.165) is 36.7 Å². The second kappa shape index (κ2) is 8.46. The largest absolute Gasteiger partial charge is 0.454 e. The molecule has 34 heavy (non-hydrogen) atoms. The molecule has 4 heterocycles. The van der Waals surface area contributed by atoms with E-state index in [1.165, 1.54) is 16.7 Å². The van der Waals surface area contributed by atoms with Gasteiger partial charge >= 0.3 is 0 Å². The number of hydrogen-bond acceptors (Lipinski definition) is 5. The second-order valence-electron chi connectivity index (χ2n) is 9.69. The number of carbonyl (C=O) groups excluding carboxylic acids is 1. The molecule has 3 atom stereocenters. The smallest absolute Gasteiger partial charge is 0.253 e. The normalized spacial score (nSPS) is 22.8. The van der Waals surface area contributed by atoms with Gasteiger partial charge in [-0.05, 0) is 46.5 Å². The molecule has 0 aliphatic carbocycles. The molecule has 174 valence electrons. The highest BCUT2D eigenvalue weighted by atomic mass is 16.7. The number of hydrogen-bond donors (Lipinski definition) is 1. The van der Waals surface area contributed by atoms with E-state index in [0.29, 0.717) is 30.4 Å². The molecular weight excluding hydrogens is 426 g/mol. The molecule has 6 heteroatoms. The first-order valence-corrected chi connectivity index (χ1v) is 11.8. The van der Waals surface area contributed by atoms with E-state index in [-0.39, 0.29) is 5.91 Å². The maximum atomic E-state index is 12.1. The average molecular weight is 456 g/mol. The van der Waals surface area contributed by atoms with E-state index < -0.39 is 0 Å². The van der Waals surface area contributed by atoms with E-state index in [1.54, 1.807) is 19.0 Å². The van der Waals surface area contributed by atoms with Crippen LogP contribution in [-0.4, -0.2) is 61.8 Å². The molecule has 7 rings (SSSR count). The Hall–Kier alpha value is -3.35. The molecule has 3 saturated heterocycles. The highest BCUT2D eigenvalue weighted by molar-refractivity contribution is 5.94. The summed E-state index contributed by atoms with van der Waals surface area (Å²) < 4.78 is 11.0. The zero-order valence-corrected chi connectivity index (χ0v) is 19.5. The molecule has 4 aliphatic rings. The van der Waals surface area contributed by atoms with Gasteiger partial charge in [0.05, 0.1) is 0 Å². The minimum Gasteiger partial charge on any atom is -0.454 e. The maximum absolute atomic E-state index is 12.1. The van der Waals surface area contributed by atoms with E-state index in [4.69, 9.17) is 9.47 Å². The van der Waals surface area contributed by atoms with Crippen LogP contribution in [0, 0.1) is 0 Å². The van der Waals surface area contributed by atoms with Crippen molar-refractivity contribution in [2.24, 2.45) is 0 Å². The lowest BCUT2D eigenvalue weighted by molar-refractivity contribution is 0.0470. The molecule has 0 saturated carbocycles. The molecular formula is C28H29N3O3. The number of carbonyl (C=O) groups is 1. The summed E-state index contributed by atoms with van der Waals surface area (Å²) in [5.41, 5.74) is 5.69. The third-order valence-corrected chi connectivity index (χ3v) is 7.22. The van der Waals surface area contributed by atoms with Gasteiger partial charge in [0.25, 0.3) is 5.91 Å². The van der Waals surface area contributed by atoms with Crippen LogP contribution in [0.1, 0.15) is 27.4 Å². The molecule has 0 radical (unpaired) electrons. The van der Waals surface area contributed by atoms with Gasteiger partial charge in [0.15, 0.2) is 11.5 Å². The van der Waals surface area contributed by atoms with Gasteiger partial charge in [-0.3, -0.25) is 9.69 Å². The third-order valence-electron chi connectivity index (χ3n) is 7.22. The summed E-state index contributed by atoms with van der Waals surface area (Å²) >= 11 is 0. The van der Waals surface area contributed by atoms with Gasteiger partial charge in [-0.2, -0.15) is 0 Å². The Kier molecular flexibility index (Phi) is 5.27. The van der Waals surface area contributed by atoms with Gasteiger partial charge in [0.1, 0.15) is 0 Å². The number of piperazine rings is 1. The first kappa shape index (κ1) is 21.2. The molecule has 4 aliphatic heterocycles. The van der Waals surface area contributed by atoms with Gasteiger partial charge in [-0.25, -0.2) is 0 Å². The third kappa shape index (κ3) is 3.83. The summed E-state index contributed by atoms with van der Waals surface area (Å²) in [4.78, 5) is 16.3.